The van der Waals surface area contributed by atoms with Crippen molar-refractivity contribution in [3.05, 3.63) is 41.5 Å². The molecule has 0 bridgehead atoms. The summed E-state index contributed by atoms with van der Waals surface area (Å²) < 4.78 is 1.59. The van der Waals surface area contributed by atoms with Gasteiger partial charge in [-0.2, -0.15) is 5.10 Å². The first-order valence-corrected chi connectivity index (χ1v) is 5.55. The van der Waals surface area contributed by atoms with Gasteiger partial charge in [0.2, 0.25) is 0 Å². The van der Waals surface area contributed by atoms with Crippen molar-refractivity contribution in [1.82, 2.24) is 20.1 Å². The number of nitrogens with two attached hydrogens (primary N) is 1. The third kappa shape index (κ3) is 2.65. The van der Waals surface area contributed by atoms with Crippen molar-refractivity contribution in [2.24, 2.45) is 7.05 Å². The van der Waals surface area contributed by atoms with E-state index in [1.165, 1.54) is 0 Å². The topological polar surface area (TPSA) is 85.8 Å². The fourth-order valence-electron chi connectivity index (χ4n) is 1.54. The molecule has 0 atom stereocenters. The molecule has 1 heterocycles. The number of amides is 1. The fraction of sp³-hybridized carbons (Fsp3) is 0.250. The molecule has 0 aliphatic carbocycles. The lowest BCUT2D eigenvalue weighted by atomic mass is 10.1. The maximum absolute atomic E-state index is 11.9. The molecule has 1 aromatic carbocycles. The molecule has 6 heteroatoms. The summed E-state index contributed by atoms with van der Waals surface area (Å²) >= 11 is 0. The zero-order valence-corrected chi connectivity index (χ0v) is 10.3. The van der Waals surface area contributed by atoms with Crippen LogP contribution in [-0.2, 0) is 13.6 Å². The number of benzene rings is 1. The van der Waals surface area contributed by atoms with Gasteiger partial charge in [0, 0.05) is 18.3 Å². The number of anilines is 1. The Labute approximate surface area is 105 Å². The molecule has 0 radical (unpaired) electrons. The average molecular weight is 245 g/mol. The summed E-state index contributed by atoms with van der Waals surface area (Å²) in [6.45, 7) is 2.18. The minimum Gasteiger partial charge on any atom is -0.399 e. The Bertz CT molecular complexity index is 576. The van der Waals surface area contributed by atoms with Crippen LogP contribution in [0, 0.1) is 6.92 Å². The lowest BCUT2D eigenvalue weighted by Gasteiger charge is -2.05. The number of nitrogen functional groups attached to an aromatic ring is 1. The van der Waals surface area contributed by atoms with E-state index in [4.69, 9.17) is 5.73 Å². The quantitative estimate of drug-likeness (QED) is 0.777. The predicted molar refractivity (Wildman–Crippen MR) is 67.8 cm³/mol. The molecule has 0 saturated heterocycles. The summed E-state index contributed by atoms with van der Waals surface area (Å²) in [6, 6.07) is 5.18. The lowest BCUT2D eigenvalue weighted by Crippen LogP contribution is -2.23. The number of carbonyl (C=O) groups excluding carboxylic acids is 1. The molecule has 1 amide bonds. The molecule has 18 heavy (non-hydrogen) atoms. The van der Waals surface area contributed by atoms with E-state index in [9.17, 15) is 4.79 Å². The molecular formula is C12H15N5O. The highest BCUT2D eigenvalue weighted by Crippen LogP contribution is 2.12. The maximum atomic E-state index is 11.9. The van der Waals surface area contributed by atoms with Gasteiger partial charge in [-0.3, -0.25) is 9.48 Å². The van der Waals surface area contributed by atoms with Gasteiger partial charge >= 0.3 is 0 Å². The van der Waals surface area contributed by atoms with Crippen molar-refractivity contribution in [3.8, 4) is 0 Å². The monoisotopic (exact) mass is 245 g/mol. The van der Waals surface area contributed by atoms with Crippen molar-refractivity contribution < 1.29 is 4.79 Å². The first-order chi connectivity index (χ1) is 8.56. The molecular weight excluding hydrogens is 230 g/mol. The third-order valence-electron chi connectivity index (χ3n) is 2.59. The van der Waals surface area contributed by atoms with Crippen molar-refractivity contribution in [3.63, 3.8) is 0 Å². The van der Waals surface area contributed by atoms with Crippen LogP contribution in [0.3, 0.4) is 0 Å². The standard InChI is InChI=1S/C12H15N5O/c1-8-5-9(3-4-10(8)13)12(18)14-6-11-15-7-17(2)16-11/h3-5,7H,6,13H2,1-2H3,(H,14,18). The van der Waals surface area contributed by atoms with Crippen molar-refractivity contribution in [2.45, 2.75) is 13.5 Å². The molecule has 0 spiro atoms. The second-order valence-corrected chi connectivity index (χ2v) is 4.09. The Hall–Kier alpha value is -2.37. The van der Waals surface area contributed by atoms with Crippen LogP contribution >= 0.6 is 0 Å². The largest absolute Gasteiger partial charge is 0.399 e. The van der Waals surface area contributed by atoms with Crippen LogP contribution in [0.2, 0.25) is 0 Å². The number of nitrogens with one attached hydrogen (secondary N) is 1. The van der Waals surface area contributed by atoms with Crippen LogP contribution in [0.25, 0.3) is 0 Å². The number of aromatic nitrogens is 3. The number of rotatable bonds is 3. The van der Waals surface area contributed by atoms with E-state index >= 15 is 0 Å². The normalized spacial score (nSPS) is 10.3. The minimum absolute atomic E-state index is 0.162. The van der Waals surface area contributed by atoms with E-state index in [2.05, 4.69) is 15.4 Å². The zero-order chi connectivity index (χ0) is 13.1. The van der Waals surface area contributed by atoms with Gasteiger partial charge in [0.1, 0.15) is 6.33 Å². The van der Waals surface area contributed by atoms with Gasteiger partial charge < -0.3 is 11.1 Å². The number of nitrogens with zero attached hydrogens (tertiary/aromatic N) is 3. The Morgan fingerprint density at radius 3 is 2.89 bits per heavy atom. The second-order valence-electron chi connectivity index (χ2n) is 4.09. The van der Waals surface area contributed by atoms with Gasteiger partial charge in [-0.25, -0.2) is 4.98 Å². The summed E-state index contributed by atoms with van der Waals surface area (Å²) in [5.41, 5.74) is 7.85. The second kappa shape index (κ2) is 4.87. The Kier molecular flexibility index (Phi) is 3.27. The van der Waals surface area contributed by atoms with Gasteiger partial charge in [0.25, 0.3) is 5.91 Å². The molecule has 0 unspecified atom stereocenters. The molecule has 0 fully saturated rings. The molecule has 6 nitrogen and oxygen atoms in total. The number of hydrogen-bond donors (Lipinski definition) is 2. The van der Waals surface area contributed by atoms with Crippen molar-refractivity contribution >= 4 is 11.6 Å². The summed E-state index contributed by atoms with van der Waals surface area (Å²) in [6.07, 6.45) is 1.59. The molecule has 0 saturated carbocycles. The molecule has 0 aliphatic heterocycles. The van der Waals surface area contributed by atoms with E-state index in [1.807, 2.05) is 6.92 Å². The third-order valence-corrected chi connectivity index (χ3v) is 2.59. The number of carbonyl (C=O) groups is 1. The van der Waals surface area contributed by atoms with E-state index in [0.717, 1.165) is 5.56 Å². The molecule has 2 aromatic rings. The predicted octanol–water partition coefficient (Wildman–Crippen LogP) is 0.636. The van der Waals surface area contributed by atoms with Crippen LogP contribution < -0.4 is 11.1 Å². The van der Waals surface area contributed by atoms with Crippen LogP contribution in [0.4, 0.5) is 5.69 Å². The fourth-order valence-corrected chi connectivity index (χ4v) is 1.54. The SMILES string of the molecule is Cc1cc(C(=O)NCc2ncn(C)n2)ccc1N. The molecule has 0 aliphatic rings. The molecule has 1 aromatic heterocycles. The minimum atomic E-state index is -0.162. The van der Waals surface area contributed by atoms with E-state index in [1.54, 1.807) is 36.3 Å². The summed E-state index contributed by atoms with van der Waals surface area (Å²) in [5.74, 6) is 0.420. The maximum Gasteiger partial charge on any atom is 0.251 e. The van der Waals surface area contributed by atoms with Gasteiger partial charge in [-0.05, 0) is 30.7 Å². The first-order valence-electron chi connectivity index (χ1n) is 5.55. The molecule has 3 N–H and O–H groups in total. The Balaban J connectivity index is 2.01. The summed E-state index contributed by atoms with van der Waals surface area (Å²) in [4.78, 5) is 15.9. The van der Waals surface area contributed by atoms with Gasteiger partial charge in [-0.15, -0.1) is 0 Å². The van der Waals surface area contributed by atoms with Gasteiger partial charge in [0.05, 0.1) is 6.54 Å². The van der Waals surface area contributed by atoms with Crippen LogP contribution in [0.5, 0.6) is 0 Å². The van der Waals surface area contributed by atoms with Crippen LogP contribution in [0.15, 0.2) is 24.5 Å². The van der Waals surface area contributed by atoms with E-state index in [0.29, 0.717) is 23.6 Å². The summed E-state index contributed by atoms with van der Waals surface area (Å²) in [5, 5.41) is 6.84. The van der Waals surface area contributed by atoms with E-state index in [-0.39, 0.29) is 5.91 Å². The number of hydrogen-bond acceptors (Lipinski definition) is 4. The first kappa shape index (κ1) is 12.1. The Morgan fingerprint density at radius 2 is 2.28 bits per heavy atom. The van der Waals surface area contributed by atoms with Crippen molar-refractivity contribution in [2.75, 3.05) is 5.73 Å². The highest BCUT2D eigenvalue weighted by Gasteiger charge is 2.07. The zero-order valence-electron chi connectivity index (χ0n) is 10.3. The van der Waals surface area contributed by atoms with Crippen molar-refractivity contribution in [1.29, 1.82) is 0 Å². The molecule has 2 rings (SSSR count). The summed E-state index contributed by atoms with van der Waals surface area (Å²) in [7, 11) is 1.78. The number of aryl methyl sites for hydroxylation is 2. The lowest BCUT2D eigenvalue weighted by molar-refractivity contribution is 0.0950. The average Bonchev–Trinajstić information content (AvgIpc) is 2.75. The van der Waals surface area contributed by atoms with Crippen LogP contribution in [0.1, 0.15) is 21.7 Å². The van der Waals surface area contributed by atoms with E-state index < -0.39 is 0 Å². The highest BCUT2D eigenvalue weighted by atomic mass is 16.1. The highest BCUT2D eigenvalue weighted by molar-refractivity contribution is 5.94. The Morgan fingerprint density at radius 1 is 1.50 bits per heavy atom. The smallest absolute Gasteiger partial charge is 0.251 e. The molecule has 94 valence electrons. The van der Waals surface area contributed by atoms with Gasteiger partial charge in [0.15, 0.2) is 5.82 Å². The van der Waals surface area contributed by atoms with Crippen LogP contribution in [-0.4, -0.2) is 20.7 Å². The van der Waals surface area contributed by atoms with Gasteiger partial charge in [-0.1, -0.05) is 0 Å².